The van der Waals surface area contributed by atoms with Crippen LogP contribution in [0.1, 0.15) is 18.4 Å². The van der Waals surface area contributed by atoms with Crippen LogP contribution in [-0.2, 0) is 9.59 Å². The molecule has 0 atom stereocenters. The summed E-state index contributed by atoms with van der Waals surface area (Å²) in [6, 6.07) is 4.47. The molecule has 1 aromatic carbocycles. The fraction of sp³-hybridized carbons (Fsp3) is 0.308. The molecule has 0 heterocycles. The number of hydrogen-bond donors (Lipinski definition) is 3. The van der Waals surface area contributed by atoms with Gasteiger partial charge in [0, 0.05) is 6.42 Å². The van der Waals surface area contributed by atoms with Crippen LogP contribution in [0.4, 0.5) is 10.5 Å². The maximum absolute atomic E-state index is 11.6. The minimum atomic E-state index is -1.10. The summed E-state index contributed by atoms with van der Waals surface area (Å²) >= 11 is 0. The summed E-state index contributed by atoms with van der Waals surface area (Å²) in [6.07, 6.45) is -0.583. The highest BCUT2D eigenvalue weighted by Crippen LogP contribution is 2.24. The Bertz CT molecular complexity index is 527. The van der Waals surface area contributed by atoms with E-state index in [0.717, 1.165) is 5.56 Å². The van der Waals surface area contributed by atoms with E-state index < -0.39 is 17.9 Å². The van der Waals surface area contributed by atoms with Crippen molar-refractivity contribution in [1.29, 1.82) is 0 Å². The predicted octanol–water partition coefficient (Wildman–Crippen LogP) is 1.52. The van der Waals surface area contributed by atoms with E-state index in [-0.39, 0.29) is 12.8 Å². The van der Waals surface area contributed by atoms with Gasteiger partial charge in [0.15, 0.2) is 0 Å². The van der Waals surface area contributed by atoms with Crippen LogP contribution in [0.3, 0.4) is 0 Å². The van der Waals surface area contributed by atoms with Crippen LogP contribution in [0, 0.1) is 6.92 Å². The lowest BCUT2D eigenvalue weighted by Crippen LogP contribution is -2.34. The number of carbonyl (C=O) groups is 3. The Morgan fingerprint density at radius 2 is 1.95 bits per heavy atom. The van der Waals surface area contributed by atoms with Gasteiger partial charge < -0.3 is 15.2 Å². The lowest BCUT2D eigenvalue weighted by Gasteiger charge is -2.11. The second-order valence-electron chi connectivity index (χ2n) is 4.10. The number of amides is 3. The normalized spacial score (nSPS) is 9.70. The van der Waals surface area contributed by atoms with E-state index in [1.54, 1.807) is 12.1 Å². The average Bonchev–Trinajstić information content (AvgIpc) is 2.36. The quantitative estimate of drug-likeness (QED) is 0.758. The molecule has 108 valence electrons. The molecule has 7 heteroatoms. The molecular weight excluding hydrogens is 264 g/mol. The van der Waals surface area contributed by atoms with Gasteiger partial charge in [-0.1, -0.05) is 6.07 Å². The number of carboxylic acid groups (broad SMARTS) is 1. The monoisotopic (exact) mass is 280 g/mol. The molecule has 0 saturated carbocycles. The van der Waals surface area contributed by atoms with Crippen LogP contribution >= 0.6 is 0 Å². The molecule has 0 spiro atoms. The molecule has 20 heavy (non-hydrogen) atoms. The highest BCUT2D eigenvalue weighted by molar-refractivity contribution is 6.02. The largest absolute Gasteiger partial charge is 0.495 e. The van der Waals surface area contributed by atoms with Gasteiger partial charge in [0.05, 0.1) is 19.2 Å². The lowest BCUT2D eigenvalue weighted by atomic mass is 10.2. The van der Waals surface area contributed by atoms with E-state index in [1.165, 1.54) is 7.11 Å². The molecule has 0 aliphatic rings. The van der Waals surface area contributed by atoms with E-state index >= 15 is 0 Å². The molecule has 0 unspecified atom stereocenters. The SMILES string of the molecule is COc1ccc(C)cc1NC(=O)NC(=O)CCC(=O)O. The predicted molar refractivity (Wildman–Crippen MR) is 71.8 cm³/mol. The standard InChI is InChI=1S/C13H16N2O5/c1-8-3-4-10(20-2)9(7-8)14-13(19)15-11(16)5-6-12(17)18/h3-4,7H,5-6H2,1-2H3,(H,17,18)(H2,14,15,16,19). The first-order valence-electron chi connectivity index (χ1n) is 5.89. The van der Waals surface area contributed by atoms with Crippen molar-refractivity contribution in [3.05, 3.63) is 23.8 Å². The van der Waals surface area contributed by atoms with Gasteiger partial charge in [-0.2, -0.15) is 0 Å². The summed E-state index contributed by atoms with van der Waals surface area (Å²) in [5.41, 5.74) is 1.34. The molecule has 0 fully saturated rings. The highest BCUT2D eigenvalue weighted by Gasteiger charge is 2.12. The number of carboxylic acids is 1. The van der Waals surface area contributed by atoms with E-state index in [9.17, 15) is 14.4 Å². The molecular formula is C13H16N2O5. The van der Waals surface area contributed by atoms with Gasteiger partial charge in [0.1, 0.15) is 5.75 Å². The van der Waals surface area contributed by atoms with Gasteiger partial charge in [0.25, 0.3) is 0 Å². The Hall–Kier alpha value is -2.57. The molecule has 0 aromatic heterocycles. The minimum absolute atomic E-state index is 0.256. The molecule has 0 aliphatic carbocycles. The molecule has 0 aliphatic heterocycles. The number of ether oxygens (including phenoxy) is 1. The first kappa shape index (κ1) is 15.5. The fourth-order valence-corrected chi connectivity index (χ4v) is 1.48. The Kier molecular flexibility index (Phi) is 5.52. The van der Waals surface area contributed by atoms with Gasteiger partial charge in [-0.15, -0.1) is 0 Å². The summed E-state index contributed by atoms with van der Waals surface area (Å²) < 4.78 is 5.08. The minimum Gasteiger partial charge on any atom is -0.495 e. The smallest absolute Gasteiger partial charge is 0.325 e. The van der Waals surface area contributed by atoms with Crippen molar-refractivity contribution < 1.29 is 24.2 Å². The first-order valence-corrected chi connectivity index (χ1v) is 5.89. The molecule has 0 radical (unpaired) electrons. The van der Waals surface area contributed by atoms with Gasteiger partial charge >= 0.3 is 12.0 Å². The van der Waals surface area contributed by atoms with Crippen LogP contribution in [-0.4, -0.2) is 30.1 Å². The van der Waals surface area contributed by atoms with Crippen LogP contribution in [0.2, 0.25) is 0 Å². The van der Waals surface area contributed by atoms with Crippen molar-refractivity contribution in [2.24, 2.45) is 0 Å². The van der Waals surface area contributed by atoms with Crippen molar-refractivity contribution in [2.75, 3.05) is 12.4 Å². The van der Waals surface area contributed by atoms with Crippen molar-refractivity contribution in [3.8, 4) is 5.75 Å². The van der Waals surface area contributed by atoms with Crippen molar-refractivity contribution in [2.45, 2.75) is 19.8 Å². The molecule has 3 N–H and O–H groups in total. The number of carbonyl (C=O) groups excluding carboxylic acids is 2. The Morgan fingerprint density at radius 1 is 1.25 bits per heavy atom. The number of imide groups is 1. The molecule has 1 rings (SSSR count). The van der Waals surface area contributed by atoms with Crippen LogP contribution in [0.25, 0.3) is 0 Å². The summed E-state index contributed by atoms with van der Waals surface area (Å²) in [7, 11) is 1.46. The second kappa shape index (κ2) is 7.13. The molecule has 7 nitrogen and oxygen atoms in total. The molecule has 0 bridgehead atoms. The summed E-state index contributed by atoms with van der Waals surface area (Å²) in [4.78, 5) is 33.2. The topological polar surface area (TPSA) is 105 Å². The zero-order valence-electron chi connectivity index (χ0n) is 11.2. The Balaban J connectivity index is 2.60. The number of urea groups is 1. The second-order valence-corrected chi connectivity index (χ2v) is 4.10. The number of aliphatic carboxylic acids is 1. The first-order chi connectivity index (χ1) is 9.42. The van der Waals surface area contributed by atoms with Gasteiger partial charge in [-0.25, -0.2) is 4.79 Å². The number of hydrogen-bond acceptors (Lipinski definition) is 4. The molecule has 0 saturated heterocycles. The number of anilines is 1. The Labute approximate surface area is 115 Å². The summed E-state index contributed by atoms with van der Waals surface area (Å²) in [6.45, 7) is 1.85. The third-order valence-electron chi connectivity index (χ3n) is 2.42. The van der Waals surface area contributed by atoms with E-state index in [1.807, 2.05) is 18.3 Å². The van der Waals surface area contributed by atoms with Gasteiger partial charge in [-0.05, 0) is 24.6 Å². The molecule has 3 amide bonds. The average molecular weight is 280 g/mol. The zero-order chi connectivity index (χ0) is 15.1. The van der Waals surface area contributed by atoms with E-state index in [2.05, 4.69) is 5.32 Å². The molecule has 1 aromatic rings. The number of rotatable bonds is 5. The number of aryl methyl sites for hydroxylation is 1. The van der Waals surface area contributed by atoms with Crippen molar-refractivity contribution >= 4 is 23.6 Å². The van der Waals surface area contributed by atoms with Crippen molar-refractivity contribution in [3.63, 3.8) is 0 Å². The van der Waals surface area contributed by atoms with Crippen LogP contribution in [0.15, 0.2) is 18.2 Å². The van der Waals surface area contributed by atoms with Gasteiger partial charge in [0.2, 0.25) is 5.91 Å². The lowest BCUT2D eigenvalue weighted by molar-refractivity contribution is -0.138. The van der Waals surface area contributed by atoms with Gasteiger partial charge in [-0.3, -0.25) is 14.9 Å². The number of benzene rings is 1. The maximum Gasteiger partial charge on any atom is 0.325 e. The summed E-state index contributed by atoms with van der Waals surface area (Å²) in [5.74, 6) is -1.29. The van der Waals surface area contributed by atoms with Crippen LogP contribution in [0.5, 0.6) is 5.75 Å². The third-order valence-corrected chi connectivity index (χ3v) is 2.42. The fourth-order valence-electron chi connectivity index (χ4n) is 1.48. The van der Waals surface area contributed by atoms with E-state index in [0.29, 0.717) is 11.4 Å². The maximum atomic E-state index is 11.6. The third kappa shape index (κ3) is 4.97. The van der Waals surface area contributed by atoms with E-state index in [4.69, 9.17) is 9.84 Å². The highest BCUT2D eigenvalue weighted by atomic mass is 16.5. The summed E-state index contributed by atoms with van der Waals surface area (Å²) in [5, 5.41) is 13.0. The number of nitrogens with one attached hydrogen (secondary N) is 2. The zero-order valence-corrected chi connectivity index (χ0v) is 11.2. The number of methoxy groups -OCH3 is 1. The van der Waals surface area contributed by atoms with Crippen molar-refractivity contribution in [1.82, 2.24) is 5.32 Å². The van der Waals surface area contributed by atoms with Crippen LogP contribution < -0.4 is 15.4 Å². The Morgan fingerprint density at radius 3 is 2.55 bits per heavy atom.